The maximum atomic E-state index is 14.9. The van der Waals surface area contributed by atoms with Crippen molar-refractivity contribution < 1.29 is 9.13 Å². The normalized spacial score (nSPS) is 18.7. The van der Waals surface area contributed by atoms with Gasteiger partial charge in [0.05, 0.1) is 23.7 Å². The number of hydrogen-bond donors (Lipinski definition) is 0. The molecule has 0 spiro atoms. The lowest BCUT2D eigenvalue weighted by Gasteiger charge is -2.29. The van der Waals surface area contributed by atoms with Crippen LogP contribution in [0.4, 0.5) is 4.39 Å². The van der Waals surface area contributed by atoms with E-state index in [0.717, 1.165) is 5.56 Å². The summed E-state index contributed by atoms with van der Waals surface area (Å²) in [6.07, 6.45) is 6.57. The molecule has 2 atom stereocenters. The fourth-order valence-electron chi connectivity index (χ4n) is 4.21. The SMILES string of the molecule is Cc1nc2c(-c3ccc(Cl)cc3F)nc([C@@H]3CCO[C@H](c4cnn(C)c4)C3)cn2c(=O)c1Cl. The lowest BCUT2D eigenvalue weighted by atomic mass is 9.90. The van der Waals surface area contributed by atoms with E-state index in [2.05, 4.69) is 10.1 Å². The zero-order valence-electron chi connectivity index (χ0n) is 17.9. The van der Waals surface area contributed by atoms with Gasteiger partial charge >= 0.3 is 0 Å². The molecule has 1 fully saturated rings. The largest absolute Gasteiger partial charge is 0.373 e. The van der Waals surface area contributed by atoms with E-state index in [-0.39, 0.29) is 39.0 Å². The summed E-state index contributed by atoms with van der Waals surface area (Å²) in [5.74, 6) is -0.564. The van der Waals surface area contributed by atoms with Crippen molar-refractivity contribution in [1.29, 1.82) is 0 Å². The van der Waals surface area contributed by atoms with Crippen LogP contribution < -0.4 is 5.56 Å². The zero-order valence-corrected chi connectivity index (χ0v) is 19.4. The van der Waals surface area contributed by atoms with Crippen molar-refractivity contribution >= 4 is 28.8 Å². The van der Waals surface area contributed by atoms with Crippen molar-refractivity contribution in [3.8, 4) is 11.3 Å². The first-order valence-electron chi connectivity index (χ1n) is 10.5. The second kappa shape index (κ2) is 8.52. The molecule has 0 N–H and O–H groups in total. The Morgan fingerprint density at radius 2 is 2.03 bits per heavy atom. The molecule has 3 aromatic heterocycles. The van der Waals surface area contributed by atoms with E-state index in [1.54, 1.807) is 36.1 Å². The molecule has 7 nitrogen and oxygen atoms in total. The summed E-state index contributed by atoms with van der Waals surface area (Å²) in [5, 5.41) is 4.52. The Labute approximate surface area is 198 Å². The van der Waals surface area contributed by atoms with Crippen LogP contribution in [-0.2, 0) is 11.8 Å². The highest BCUT2D eigenvalue weighted by Crippen LogP contribution is 2.38. The van der Waals surface area contributed by atoms with E-state index >= 15 is 0 Å². The number of benzene rings is 1. The van der Waals surface area contributed by atoms with Gasteiger partial charge in [0, 0.05) is 48.1 Å². The lowest BCUT2D eigenvalue weighted by molar-refractivity contribution is 0.00455. The number of fused-ring (bicyclic) bond motifs is 1. The molecule has 4 aromatic rings. The lowest BCUT2D eigenvalue weighted by Crippen LogP contribution is -2.23. The van der Waals surface area contributed by atoms with Gasteiger partial charge in [-0.3, -0.25) is 13.9 Å². The molecule has 170 valence electrons. The molecular formula is C23H20Cl2FN5O2. The molecule has 0 saturated carbocycles. The molecule has 1 aliphatic heterocycles. The molecule has 5 rings (SSSR count). The van der Waals surface area contributed by atoms with Crippen molar-refractivity contribution in [3.63, 3.8) is 0 Å². The van der Waals surface area contributed by atoms with Crippen LogP contribution in [-0.4, -0.2) is 30.8 Å². The molecule has 0 unspecified atom stereocenters. The van der Waals surface area contributed by atoms with Crippen LogP contribution in [0.3, 0.4) is 0 Å². The molecule has 33 heavy (non-hydrogen) atoms. The minimum absolute atomic E-state index is 0.0190. The average Bonchev–Trinajstić information content (AvgIpc) is 3.24. The summed E-state index contributed by atoms with van der Waals surface area (Å²) in [6, 6.07) is 4.34. The molecular weight excluding hydrogens is 468 g/mol. The Bertz CT molecular complexity index is 1430. The quantitative estimate of drug-likeness (QED) is 0.411. The van der Waals surface area contributed by atoms with Crippen molar-refractivity contribution in [2.24, 2.45) is 7.05 Å². The predicted molar refractivity (Wildman–Crippen MR) is 123 cm³/mol. The molecule has 1 aliphatic rings. The van der Waals surface area contributed by atoms with Gasteiger partial charge in [-0.2, -0.15) is 5.10 Å². The van der Waals surface area contributed by atoms with Crippen LogP contribution in [0.1, 0.15) is 41.8 Å². The maximum Gasteiger partial charge on any atom is 0.277 e. The van der Waals surface area contributed by atoms with Crippen molar-refractivity contribution in [1.82, 2.24) is 24.1 Å². The summed E-state index contributed by atoms with van der Waals surface area (Å²) in [6.45, 7) is 2.16. The van der Waals surface area contributed by atoms with Crippen LogP contribution >= 0.6 is 23.2 Å². The Morgan fingerprint density at radius 3 is 2.76 bits per heavy atom. The first-order chi connectivity index (χ1) is 15.8. The van der Waals surface area contributed by atoms with Gasteiger partial charge in [-0.05, 0) is 38.0 Å². The van der Waals surface area contributed by atoms with Gasteiger partial charge in [0.15, 0.2) is 5.65 Å². The van der Waals surface area contributed by atoms with Gasteiger partial charge in [0.2, 0.25) is 0 Å². The number of aromatic nitrogens is 5. The highest BCUT2D eigenvalue weighted by Gasteiger charge is 2.28. The highest BCUT2D eigenvalue weighted by atomic mass is 35.5. The van der Waals surface area contributed by atoms with E-state index < -0.39 is 11.4 Å². The third-order valence-electron chi connectivity index (χ3n) is 5.93. The Morgan fingerprint density at radius 1 is 1.21 bits per heavy atom. The minimum Gasteiger partial charge on any atom is -0.373 e. The summed E-state index contributed by atoms with van der Waals surface area (Å²) >= 11 is 12.2. The molecule has 1 aromatic carbocycles. The van der Waals surface area contributed by atoms with Crippen LogP contribution in [0.2, 0.25) is 10.0 Å². The highest BCUT2D eigenvalue weighted by molar-refractivity contribution is 6.31. The number of ether oxygens (including phenoxy) is 1. The van der Waals surface area contributed by atoms with E-state index in [4.69, 9.17) is 32.9 Å². The van der Waals surface area contributed by atoms with Gasteiger partial charge in [-0.1, -0.05) is 23.2 Å². The standard InChI is InChI=1S/C23H20Cl2FN5O2/c1-12-20(25)23(32)31-11-18(13-5-6-33-19(7-13)14-9-27-30(2)10-14)29-21(22(31)28-12)16-4-3-15(24)8-17(16)26/h3-4,8-11,13,19H,5-7H2,1-2H3/t13-,19+/m1/s1. The minimum atomic E-state index is -0.545. The van der Waals surface area contributed by atoms with E-state index in [9.17, 15) is 9.18 Å². The zero-order chi connectivity index (χ0) is 23.3. The topological polar surface area (TPSA) is 74.3 Å². The third kappa shape index (κ3) is 4.03. The fourth-order valence-corrected chi connectivity index (χ4v) is 4.50. The molecule has 0 bridgehead atoms. The monoisotopic (exact) mass is 487 g/mol. The second-order valence-corrected chi connectivity index (χ2v) is 8.99. The first-order valence-corrected chi connectivity index (χ1v) is 11.2. The molecule has 10 heteroatoms. The first kappa shape index (κ1) is 22.0. The molecule has 4 heterocycles. The smallest absolute Gasteiger partial charge is 0.277 e. The number of rotatable bonds is 3. The Hall–Kier alpha value is -2.81. The second-order valence-electron chi connectivity index (χ2n) is 8.18. The van der Waals surface area contributed by atoms with E-state index in [1.165, 1.54) is 10.5 Å². The third-order valence-corrected chi connectivity index (χ3v) is 6.60. The number of halogens is 3. The Balaban J connectivity index is 1.67. The predicted octanol–water partition coefficient (Wildman–Crippen LogP) is 4.88. The van der Waals surface area contributed by atoms with E-state index in [0.29, 0.717) is 30.8 Å². The van der Waals surface area contributed by atoms with Gasteiger partial charge in [0.25, 0.3) is 5.56 Å². The van der Waals surface area contributed by atoms with E-state index in [1.807, 2.05) is 13.2 Å². The van der Waals surface area contributed by atoms with Crippen LogP contribution in [0.15, 0.2) is 41.6 Å². The number of nitrogens with zero attached hydrogens (tertiary/aromatic N) is 5. The summed E-state index contributed by atoms with van der Waals surface area (Å²) in [7, 11) is 1.85. The van der Waals surface area contributed by atoms with Crippen molar-refractivity contribution in [2.45, 2.75) is 31.8 Å². The summed E-state index contributed by atoms with van der Waals surface area (Å²) in [4.78, 5) is 22.3. The van der Waals surface area contributed by atoms with Gasteiger partial charge in [-0.25, -0.2) is 14.4 Å². The van der Waals surface area contributed by atoms with Gasteiger partial charge in [0.1, 0.15) is 16.5 Å². The van der Waals surface area contributed by atoms with Crippen molar-refractivity contribution in [3.05, 3.63) is 80.0 Å². The van der Waals surface area contributed by atoms with Gasteiger partial charge < -0.3 is 4.74 Å². The summed E-state index contributed by atoms with van der Waals surface area (Å²) in [5.41, 5.74) is 2.27. The summed E-state index contributed by atoms with van der Waals surface area (Å²) < 4.78 is 24.0. The number of aryl methyl sites for hydroxylation is 2. The fraction of sp³-hybridized carbons (Fsp3) is 0.304. The molecule has 0 amide bonds. The maximum absolute atomic E-state index is 14.9. The van der Waals surface area contributed by atoms with Crippen LogP contribution in [0.25, 0.3) is 16.9 Å². The molecule has 0 radical (unpaired) electrons. The average molecular weight is 488 g/mol. The Kier molecular flexibility index (Phi) is 5.68. The number of hydrogen-bond acceptors (Lipinski definition) is 5. The van der Waals surface area contributed by atoms with Crippen LogP contribution in [0.5, 0.6) is 0 Å². The van der Waals surface area contributed by atoms with Crippen LogP contribution in [0, 0.1) is 12.7 Å². The molecule has 1 saturated heterocycles. The molecule has 0 aliphatic carbocycles. The van der Waals surface area contributed by atoms with Crippen molar-refractivity contribution in [2.75, 3.05) is 6.61 Å². The van der Waals surface area contributed by atoms with Gasteiger partial charge in [-0.15, -0.1) is 0 Å².